The fourth-order valence-corrected chi connectivity index (χ4v) is 1.97. The van der Waals surface area contributed by atoms with Gasteiger partial charge in [-0.25, -0.2) is 15.0 Å². The van der Waals surface area contributed by atoms with Crippen molar-refractivity contribution < 1.29 is 0 Å². The van der Waals surface area contributed by atoms with Crippen molar-refractivity contribution in [2.45, 2.75) is 0 Å². The van der Waals surface area contributed by atoms with E-state index in [9.17, 15) is 0 Å². The molecule has 3 aromatic rings. The summed E-state index contributed by atoms with van der Waals surface area (Å²) in [5.74, 6) is 0. The Kier molecular flexibility index (Phi) is 1.31. The van der Waals surface area contributed by atoms with Crippen molar-refractivity contribution in [3.8, 4) is 0 Å². The molecule has 0 aliphatic rings. The minimum atomic E-state index is 0.918. The van der Waals surface area contributed by atoms with Crippen LogP contribution in [0.4, 0.5) is 0 Å². The van der Waals surface area contributed by atoms with Crippen LogP contribution in [0.2, 0.25) is 0 Å². The van der Waals surface area contributed by atoms with Gasteiger partial charge in [-0.1, -0.05) is 0 Å². The third kappa shape index (κ3) is 0.990. The number of thiazole rings is 1. The molecule has 0 aliphatic heterocycles. The number of rotatable bonds is 0. The average molecular weight is 186 g/mol. The zero-order chi connectivity index (χ0) is 8.67. The Morgan fingerprint density at radius 1 is 1.15 bits per heavy atom. The number of aromatic nitrogens is 3. The van der Waals surface area contributed by atoms with Gasteiger partial charge in [-0.05, 0) is 12.1 Å². The van der Waals surface area contributed by atoms with Crippen LogP contribution in [-0.2, 0) is 0 Å². The minimum Gasteiger partial charge on any atom is -0.245 e. The Hall–Kier alpha value is -1.55. The summed E-state index contributed by atoms with van der Waals surface area (Å²) >= 11 is 1.62. The van der Waals surface area contributed by atoms with Crippen molar-refractivity contribution in [1.82, 2.24) is 15.0 Å². The summed E-state index contributed by atoms with van der Waals surface area (Å²) in [6.07, 6.45) is 4.39. The molecule has 0 bridgehead atoms. The van der Waals surface area contributed by atoms with E-state index < -0.39 is 0 Å². The zero-order valence-corrected chi connectivity index (χ0v) is 7.38. The molecule has 0 fully saturated rings. The standard InChI is InChI=1S/C9H4N3S/c1-6-3-10-4-11-7(6)2-9-8(1)12-5-13-9/h1-2,4-5H. The van der Waals surface area contributed by atoms with Gasteiger partial charge in [0.05, 0.1) is 21.2 Å². The summed E-state index contributed by atoms with van der Waals surface area (Å²) in [7, 11) is 0. The van der Waals surface area contributed by atoms with Gasteiger partial charge in [0, 0.05) is 5.39 Å². The summed E-state index contributed by atoms with van der Waals surface area (Å²) in [6.45, 7) is 0. The molecule has 1 radical (unpaired) electrons. The Balaban J connectivity index is 2.57. The average Bonchev–Trinajstić information content (AvgIpc) is 2.61. The molecule has 0 saturated heterocycles. The largest absolute Gasteiger partial charge is 0.245 e. The molecule has 61 valence electrons. The second-order valence-corrected chi connectivity index (χ2v) is 3.56. The van der Waals surface area contributed by atoms with Crippen molar-refractivity contribution in [1.29, 1.82) is 0 Å². The number of hydrogen-bond acceptors (Lipinski definition) is 4. The lowest BCUT2D eigenvalue weighted by Crippen LogP contribution is -1.80. The monoisotopic (exact) mass is 186 g/mol. The minimum absolute atomic E-state index is 0.918. The predicted molar refractivity (Wildman–Crippen MR) is 51.6 cm³/mol. The first-order valence-corrected chi connectivity index (χ1v) is 4.67. The van der Waals surface area contributed by atoms with E-state index >= 15 is 0 Å². The second kappa shape index (κ2) is 2.47. The van der Waals surface area contributed by atoms with Crippen LogP contribution in [0.3, 0.4) is 0 Å². The second-order valence-electron chi connectivity index (χ2n) is 2.67. The lowest BCUT2D eigenvalue weighted by molar-refractivity contribution is 1.21. The fraction of sp³-hybridized carbons (Fsp3) is 0. The Morgan fingerprint density at radius 3 is 3.15 bits per heavy atom. The zero-order valence-electron chi connectivity index (χ0n) is 6.56. The van der Waals surface area contributed by atoms with Crippen molar-refractivity contribution in [2.24, 2.45) is 0 Å². The van der Waals surface area contributed by atoms with Crippen molar-refractivity contribution in [3.05, 3.63) is 30.2 Å². The fourth-order valence-electron chi connectivity index (χ4n) is 1.28. The van der Waals surface area contributed by atoms with Crippen molar-refractivity contribution >= 4 is 32.5 Å². The van der Waals surface area contributed by atoms with E-state index in [2.05, 4.69) is 21.1 Å². The van der Waals surface area contributed by atoms with E-state index in [4.69, 9.17) is 0 Å². The highest BCUT2D eigenvalue weighted by Crippen LogP contribution is 2.22. The first kappa shape index (κ1) is 6.91. The summed E-state index contributed by atoms with van der Waals surface area (Å²) in [5, 5.41) is 0.918. The third-order valence-corrected chi connectivity index (χ3v) is 2.68. The first-order chi connectivity index (χ1) is 6.43. The van der Waals surface area contributed by atoms with Crippen LogP contribution in [0.15, 0.2) is 24.0 Å². The lowest BCUT2D eigenvalue weighted by Gasteiger charge is -1.93. The van der Waals surface area contributed by atoms with Crippen LogP contribution in [0.25, 0.3) is 21.1 Å². The summed E-state index contributed by atoms with van der Waals surface area (Å²) in [5.41, 5.74) is 3.74. The van der Waals surface area contributed by atoms with Gasteiger partial charge < -0.3 is 0 Å². The molecule has 0 unspecified atom stereocenters. The molecule has 1 aromatic carbocycles. The first-order valence-electron chi connectivity index (χ1n) is 3.79. The molecule has 2 aromatic heterocycles. The van der Waals surface area contributed by atoms with E-state index in [1.54, 1.807) is 11.3 Å². The number of benzene rings is 1. The highest BCUT2D eigenvalue weighted by atomic mass is 32.1. The Bertz CT molecular complexity index is 523. The van der Waals surface area contributed by atoms with E-state index in [1.165, 1.54) is 6.33 Å². The van der Waals surface area contributed by atoms with Crippen LogP contribution in [0.5, 0.6) is 0 Å². The molecule has 2 heterocycles. The maximum atomic E-state index is 4.21. The van der Waals surface area contributed by atoms with Crippen LogP contribution in [0, 0.1) is 6.20 Å². The van der Waals surface area contributed by atoms with Gasteiger partial charge in [0.25, 0.3) is 0 Å². The maximum absolute atomic E-state index is 4.21. The molecule has 0 amide bonds. The van der Waals surface area contributed by atoms with Gasteiger partial charge in [-0.2, -0.15) is 0 Å². The number of nitrogens with zero attached hydrogens (tertiary/aromatic N) is 3. The van der Waals surface area contributed by atoms with Gasteiger partial charge >= 0.3 is 0 Å². The van der Waals surface area contributed by atoms with Gasteiger partial charge in [-0.3, -0.25) is 0 Å². The summed E-state index contributed by atoms with van der Waals surface area (Å²) in [4.78, 5) is 12.2. The van der Waals surface area contributed by atoms with E-state index in [0.717, 1.165) is 21.1 Å². The third-order valence-electron chi connectivity index (χ3n) is 1.89. The lowest BCUT2D eigenvalue weighted by atomic mass is 10.2. The molecule has 0 N–H and O–H groups in total. The molecule has 0 spiro atoms. The SMILES string of the molecule is [c]1ncnc2cc3scnc3cc12. The Labute approximate surface area is 78.1 Å². The quantitative estimate of drug-likeness (QED) is 0.539. The van der Waals surface area contributed by atoms with Gasteiger partial charge in [-0.15, -0.1) is 11.3 Å². The normalized spacial score (nSPS) is 11.1. The summed E-state index contributed by atoms with van der Waals surface area (Å²) in [6, 6.07) is 3.97. The van der Waals surface area contributed by atoms with Crippen LogP contribution in [-0.4, -0.2) is 15.0 Å². The molecule has 4 heteroatoms. The molecular weight excluding hydrogens is 182 g/mol. The molecule has 13 heavy (non-hydrogen) atoms. The maximum Gasteiger partial charge on any atom is 0.116 e. The van der Waals surface area contributed by atoms with Gasteiger partial charge in [0.1, 0.15) is 12.5 Å². The number of fused-ring (bicyclic) bond motifs is 2. The van der Waals surface area contributed by atoms with Gasteiger partial charge in [0.2, 0.25) is 0 Å². The number of hydrogen-bond donors (Lipinski definition) is 0. The highest BCUT2D eigenvalue weighted by Gasteiger charge is 2.00. The van der Waals surface area contributed by atoms with Crippen molar-refractivity contribution in [3.63, 3.8) is 0 Å². The van der Waals surface area contributed by atoms with E-state index in [-0.39, 0.29) is 0 Å². The molecule has 3 nitrogen and oxygen atoms in total. The topological polar surface area (TPSA) is 38.7 Å². The molecular formula is C9H4N3S. The van der Waals surface area contributed by atoms with E-state index in [0.29, 0.717) is 0 Å². The van der Waals surface area contributed by atoms with Gasteiger partial charge in [0.15, 0.2) is 0 Å². The molecule has 0 atom stereocenters. The van der Waals surface area contributed by atoms with Crippen molar-refractivity contribution in [2.75, 3.05) is 0 Å². The smallest absolute Gasteiger partial charge is 0.116 e. The van der Waals surface area contributed by atoms with E-state index in [1.807, 2.05) is 17.6 Å². The predicted octanol–water partition coefficient (Wildman–Crippen LogP) is 2.04. The van der Waals surface area contributed by atoms with Crippen LogP contribution >= 0.6 is 11.3 Å². The van der Waals surface area contributed by atoms with Crippen LogP contribution < -0.4 is 0 Å². The summed E-state index contributed by atoms with van der Waals surface area (Å²) < 4.78 is 1.15. The van der Waals surface area contributed by atoms with Crippen LogP contribution in [0.1, 0.15) is 0 Å². The molecule has 0 aliphatic carbocycles. The Morgan fingerprint density at radius 2 is 2.15 bits per heavy atom. The highest BCUT2D eigenvalue weighted by molar-refractivity contribution is 7.16. The molecule has 3 rings (SSSR count). The molecule has 0 saturated carbocycles.